The van der Waals surface area contributed by atoms with Gasteiger partial charge in [-0.15, -0.1) is 0 Å². The van der Waals surface area contributed by atoms with Crippen molar-refractivity contribution in [1.82, 2.24) is 10.7 Å². The SMILES string of the molecule is NC(=O)NC1=CC=CC=NN1. The molecule has 1 aliphatic heterocycles. The van der Waals surface area contributed by atoms with Crippen LogP contribution in [0.2, 0.25) is 0 Å². The number of nitrogens with one attached hydrogen (secondary N) is 2. The molecule has 0 bridgehead atoms. The fourth-order valence-electron chi connectivity index (χ4n) is 0.591. The third-order valence-corrected chi connectivity index (χ3v) is 0.977. The summed E-state index contributed by atoms with van der Waals surface area (Å²) in [5.74, 6) is 0.461. The fraction of sp³-hybridized carbons (Fsp3) is 0. The molecule has 5 nitrogen and oxygen atoms in total. The average Bonchev–Trinajstić information content (AvgIpc) is 2.14. The molecular formula is C6H8N4O. The van der Waals surface area contributed by atoms with Gasteiger partial charge in [-0.2, -0.15) is 5.10 Å². The van der Waals surface area contributed by atoms with E-state index < -0.39 is 6.03 Å². The van der Waals surface area contributed by atoms with E-state index in [4.69, 9.17) is 5.73 Å². The Morgan fingerprint density at radius 3 is 3.18 bits per heavy atom. The predicted molar refractivity (Wildman–Crippen MR) is 41.6 cm³/mol. The van der Waals surface area contributed by atoms with Gasteiger partial charge in [-0.3, -0.25) is 10.7 Å². The Balaban J connectivity index is 2.57. The minimum absolute atomic E-state index is 0.461. The molecule has 0 saturated heterocycles. The van der Waals surface area contributed by atoms with E-state index in [1.807, 2.05) is 0 Å². The minimum atomic E-state index is -0.616. The fourth-order valence-corrected chi connectivity index (χ4v) is 0.591. The molecule has 1 aliphatic rings. The van der Waals surface area contributed by atoms with Crippen LogP contribution in [0.3, 0.4) is 0 Å². The molecule has 0 atom stereocenters. The summed E-state index contributed by atoms with van der Waals surface area (Å²) in [6.45, 7) is 0. The molecule has 11 heavy (non-hydrogen) atoms. The molecule has 1 heterocycles. The highest BCUT2D eigenvalue weighted by Gasteiger charge is 1.96. The first-order valence-corrected chi connectivity index (χ1v) is 3.01. The molecule has 0 radical (unpaired) electrons. The summed E-state index contributed by atoms with van der Waals surface area (Å²) in [5, 5.41) is 6.05. The number of hydrogen-bond donors (Lipinski definition) is 3. The van der Waals surface area contributed by atoms with Crippen LogP contribution in [0.4, 0.5) is 4.79 Å². The molecule has 4 N–H and O–H groups in total. The van der Waals surface area contributed by atoms with Crippen LogP contribution in [0.15, 0.2) is 29.2 Å². The lowest BCUT2D eigenvalue weighted by Gasteiger charge is -2.03. The van der Waals surface area contributed by atoms with E-state index >= 15 is 0 Å². The molecule has 1 rings (SSSR count). The summed E-state index contributed by atoms with van der Waals surface area (Å²) in [6.07, 6.45) is 6.67. The monoisotopic (exact) mass is 152 g/mol. The number of primary amides is 1. The van der Waals surface area contributed by atoms with E-state index in [9.17, 15) is 4.79 Å². The summed E-state index contributed by atoms with van der Waals surface area (Å²) in [6, 6.07) is -0.616. The molecule has 2 amide bonds. The first-order valence-electron chi connectivity index (χ1n) is 3.01. The Bertz CT molecular complexity index is 241. The van der Waals surface area contributed by atoms with Crippen LogP contribution in [-0.2, 0) is 0 Å². The molecule has 0 fully saturated rings. The number of nitrogens with two attached hydrogens (primary N) is 1. The van der Waals surface area contributed by atoms with Gasteiger partial charge in [-0.1, -0.05) is 6.08 Å². The number of hydrazone groups is 1. The molecule has 5 heteroatoms. The highest BCUT2D eigenvalue weighted by atomic mass is 16.2. The number of rotatable bonds is 1. The minimum Gasteiger partial charge on any atom is -0.351 e. The zero-order chi connectivity index (χ0) is 8.10. The second-order valence-corrected chi connectivity index (χ2v) is 1.84. The van der Waals surface area contributed by atoms with Crippen molar-refractivity contribution < 1.29 is 4.79 Å². The van der Waals surface area contributed by atoms with E-state index in [1.54, 1.807) is 24.4 Å². The van der Waals surface area contributed by atoms with Crippen LogP contribution < -0.4 is 16.5 Å². The van der Waals surface area contributed by atoms with Gasteiger partial charge < -0.3 is 5.73 Å². The van der Waals surface area contributed by atoms with Gasteiger partial charge in [-0.05, 0) is 12.2 Å². The quantitative estimate of drug-likeness (QED) is 0.479. The molecular weight excluding hydrogens is 144 g/mol. The largest absolute Gasteiger partial charge is 0.351 e. The van der Waals surface area contributed by atoms with Crippen LogP contribution >= 0.6 is 0 Å². The van der Waals surface area contributed by atoms with Gasteiger partial charge in [0.2, 0.25) is 0 Å². The van der Waals surface area contributed by atoms with Crippen LogP contribution in [0.1, 0.15) is 0 Å². The van der Waals surface area contributed by atoms with Crippen LogP contribution in [0, 0.1) is 0 Å². The maximum atomic E-state index is 10.3. The third-order valence-electron chi connectivity index (χ3n) is 0.977. The average molecular weight is 152 g/mol. The van der Waals surface area contributed by atoms with Crippen molar-refractivity contribution >= 4 is 12.2 Å². The molecule has 0 aromatic rings. The summed E-state index contributed by atoms with van der Waals surface area (Å²) in [7, 11) is 0. The Kier molecular flexibility index (Phi) is 2.27. The number of carbonyl (C=O) groups is 1. The second-order valence-electron chi connectivity index (χ2n) is 1.84. The first-order chi connectivity index (χ1) is 5.29. The Labute approximate surface area is 63.6 Å². The van der Waals surface area contributed by atoms with Crippen molar-refractivity contribution in [3.63, 3.8) is 0 Å². The summed E-state index contributed by atoms with van der Waals surface area (Å²) < 4.78 is 0. The van der Waals surface area contributed by atoms with Crippen molar-refractivity contribution in [2.24, 2.45) is 10.8 Å². The van der Waals surface area contributed by atoms with E-state index in [2.05, 4.69) is 15.8 Å². The van der Waals surface area contributed by atoms with Crippen LogP contribution in [0.25, 0.3) is 0 Å². The molecule has 58 valence electrons. The van der Waals surface area contributed by atoms with Crippen molar-refractivity contribution in [1.29, 1.82) is 0 Å². The van der Waals surface area contributed by atoms with Gasteiger partial charge in [0, 0.05) is 6.21 Å². The predicted octanol–water partition coefficient (Wildman–Crippen LogP) is -0.359. The maximum Gasteiger partial charge on any atom is 0.317 e. The Hall–Kier alpha value is -1.78. The standard InChI is InChI=1S/C6H8N4O/c7-6(11)9-5-3-1-2-4-8-10-5/h1-4,10H,(H3,7,9,11). The lowest BCUT2D eigenvalue weighted by Crippen LogP contribution is -2.33. The lowest BCUT2D eigenvalue weighted by molar-refractivity contribution is 0.250. The Morgan fingerprint density at radius 2 is 2.45 bits per heavy atom. The molecule has 0 spiro atoms. The molecule has 0 aromatic carbocycles. The summed E-state index contributed by atoms with van der Waals surface area (Å²) >= 11 is 0. The number of amides is 2. The summed E-state index contributed by atoms with van der Waals surface area (Å²) in [4.78, 5) is 10.3. The number of urea groups is 1. The van der Waals surface area contributed by atoms with Gasteiger partial charge in [0.15, 0.2) is 0 Å². The van der Waals surface area contributed by atoms with Crippen molar-refractivity contribution in [3.8, 4) is 0 Å². The second kappa shape index (κ2) is 3.40. The van der Waals surface area contributed by atoms with Crippen molar-refractivity contribution in [2.45, 2.75) is 0 Å². The van der Waals surface area contributed by atoms with Crippen molar-refractivity contribution in [2.75, 3.05) is 0 Å². The number of allylic oxidation sites excluding steroid dienone is 3. The zero-order valence-electron chi connectivity index (χ0n) is 5.74. The van der Waals surface area contributed by atoms with Gasteiger partial charge >= 0.3 is 6.03 Å². The van der Waals surface area contributed by atoms with Crippen LogP contribution in [0.5, 0.6) is 0 Å². The number of nitrogens with zero attached hydrogens (tertiary/aromatic N) is 1. The number of carbonyl (C=O) groups excluding carboxylic acids is 1. The lowest BCUT2D eigenvalue weighted by atomic mass is 10.5. The van der Waals surface area contributed by atoms with Gasteiger partial charge in [0.05, 0.1) is 0 Å². The van der Waals surface area contributed by atoms with E-state index in [0.29, 0.717) is 5.82 Å². The highest BCUT2D eigenvalue weighted by molar-refractivity contribution is 5.75. The van der Waals surface area contributed by atoms with Gasteiger partial charge in [0.25, 0.3) is 0 Å². The first kappa shape index (κ1) is 7.33. The molecule has 0 unspecified atom stereocenters. The molecule has 0 aliphatic carbocycles. The summed E-state index contributed by atoms with van der Waals surface area (Å²) in [5.41, 5.74) is 7.44. The topological polar surface area (TPSA) is 79.5 Å². The van der Waals surface area contributed by atoms with E-state index in [0.717, 1.165) is 0 Å². The van der Waals surface area contributed by atoms with E-state index in [1.165, 1.54) is 0 Å². The smallest absolute Gasteiger partial charge is 0.317 e. The third kappa shape index (κ3) is 2.53. The molecule has 0 aromatic heterocycles. The van der Waals surface area contributed by atoms with Crippen LogP contribution in [-0.4, -0.2) is 12.2 Å². The molecule has 0 saturated carbocycles. The van der Waals surface area contributed by atoms with Gasteiger partial charge in [0.1, 0.15) is 5.82 Å². The normalized spacial score (nSPS) is 14.7. The zero-order valence-corrected chi connectivity index (χ0v) is 5.74. The van der Waals surface area contributed by atoms with Crippen molar-refractivity contribution in [3.05, 3.63) is 24.0 Å². The Morgan fingerprint density at radius 1 is 1.64 bits per heavy atom. The van der Waals surface area contributed by atoms with E-state index in [-0.39, 0.29) is 0 Å². The highest BCUT2D eigenvalue weighted by Crippen LogP contribution is 1.87. The number of hydrogen-bond acceptors (Lipinski definition) is 3. The maximum absolute atomic E-state index is 10.3. The van der Waals surface area contributed by atoms with Gasteiger partial charge in [-0.25, -0.2) is 4.79 Å².